The van der Waals surface area contributed by atoms with E-state index in [1.807, 2.05) is 0 Å². The molecule has 1 aromatic carbocycles. The molecule has 0 aliphatic heterocycles. The van der Waals surface area contributed by atoms with Crippen LogP contribution in [-0.4, -0.2) is 81.6 Å². The number of hydrogen-bond acceptors (Lipinski definition) is 8. The number of hydrogen-bond donors (Lipinski definition) is 9. The SMILES string of the molecule is CC(=O)O.CC(C)[C@H](NC(=O)[C@H](CC(=O)O)NC(=O)c1cccc(NC(=O)[C@@H](N)CCCN=C(N)N)c1)C(=O)O. The first-order chi connectivity index (χ1) is 18.5. The second kappa shape index (κ2) is 17.7. The van der Waals surface area contributed by atoms with Crippen LogP contribution in [0.3, 0.4) is 0 Å². The van der Waals surface area contributed by atoms with Gasteiger partial charge in [-0.2, -0.15) is 0 Å². The largest absolute Gasteiger partial charge is 0.481 e. The summed E-state index contributed by atoms with van der Waals surface area (Å²) < 4.78 is 0. The zero-order valence-electron chi connectivity index (χ0n) is 22.4. The molecule has 1 rings (SSSR count). The Bertz CT molecular complexity index is 1080. The van der Waals surface area contributed by atoms with E-state index in [2.05, 4.69) is 20.9 Å². The molecule has 0 aliphatic carbocycles. The highest BCUT2D eigenvalue weighted by Gasteiger charge is 2.30. The number of nitrogens with zero attached hydrogens (tertiary/aromatic N) is 1. The number of carboxylic acid groups (broad SMARTS) is 3. The summed E-state index contributed by atoms with van der Waals surface area (Å²) >= 11 is 0. The van der Waals surface area contributed by atoms with Crippen molar-refractivity contribution in [1.29, 1.82) is 0 Å². The molecule has 0 bridgehead atoms. The maximum atomic E-state index is 12.7. The Hall–Kier alpha value is -4.73. The van der Waals surface area contributed by atoms with E-state index in [9.17, 15) is 29.1 Å². The summed E-state index contributed by atoms with van der Waals surface area (Å²) in [7, 11) is 0. The average Bonchev–Trinajstić information content (AvgIpc) is 2.83. The topological polar surface area (TPSA) is 290 Å². The molecule has 0 saturated carbocycles. The third kappa shape index (κ3) is 14.9. The molecule has 0 spiro atoms. The lowest BCUT2D eigenvalue weighted by Gasteiger charge is -2.22. The van der Waals surface area contributed by atoms with Crippen LogP contribution in [0, 0.1) is 5.92 Å². The lowest BCUT2D eigenvalue weighted by atomic mass is 10.0. The molecule has 0 unspecified atom stereocenters. The standard InChI is InChI=1S/C22H33N7O7.C2H4O2/c1-11(2)17(21(35)36)29-20(34)15(10-16(30)31)28-18(32)12-5-3-6-13(9-12)27-19(33)14(23)7-4-8-26-22(24)25;1-2(3)4/h3,5-6,9,11,14-15,17H,4,7-8,10,23H2,1-2H3,(H,27,33)(H,28,32)(H,29,34)(H,30,31)(H,35,36)(H4,24,25,26);1H3,(H,3,4)/t14-,15-,17-;/m0./s1. The van der Waals surface area contributed by atoms with Gasteiger partial charge >= 0.3 is 11.9 Å². The van der Waals surface area contributed by atoms with Crippen molar-refractivity contribution in [3.8, 4) is 0 Å². The Morgan fingerprint density at radius 3 is 2.08 bits per heavy atom. The summed E-state index contributed by atoms with van der Waals surface area (Å²) in [5.41, 5.74) is 16.6. The van der Waals surface area contributed by atoms with E-state index in [0.717, 1.165) is 6.92 Å². The lowest BCUT2D eigenvalue weighted by Crippen LogP contribution is -2.53. The van der Waals surface area contributed by atoms with Gasteiger partial charge in [-0.25, -0.2) is 4.79 Å². The molecule has 16 heteroatoms. The van der Waals surface area contributed by atoms with E-state index in [0.29, 0.717) is 19.4 Å². The molecule has 0 saturated heterocycles. The molecule has 1 aromatic rings. The number of carbonyl (C=O) groups excluding carboxylic acids is 3. The molecular formula is C24H37N7O9. The molecule has 0 fully saturated rings. The summed E-state index contributed by atoms with van der Waals surface area (Å²) in [5.74, 6) is -6.31. The molecule has 3 amide bonds. The van der Waals surface area contributed by atoms with Gasteiger partial charge in [0.25, 0.3) is 11.9 Å². The van der Waals surface area contributed by atoms with E-state index in [-0.39, 0.29) is 17.2 Å². The number of aliphatic imine (C=N–C) groups is 1. The highest BCUT2D eigenvalue weighted by Crippen LogP contribution is 2.13. The van der Waals surface area contributed by atoms with Gasteiger partial charge in [0.2, 0.25) is 11.8 Å². The number of carbonyl (C=O) groups is 6. The van der Waals surface area contributed by atoms with E-state index >= 15 is 0 Å². The van der Waals surface area contributed by atoms with E-state index < -0.39 is 66.1 Å². The van der Waals surface area contributed by atoms with Gasteiger partial charge in [-0.05, 0) is 37.0 Å². The van der Waals surface area contributed by atoms with E-state index in [4.69, 9.17) is 32.2 Å². The number of nitrogens with two attached hydrogens (primary N) is 3. The van der Waals surface area contributed by atoms with Crippen molar-refractivity contribution in [2.24, 2.45) is 28.1 Å². The van der Waals surface area contributed by atoms with Crippen LogP contribution in [0.1, 0.15) is 50.4 Å². The Morgan fingerprint density at radius 2 is 1.57 bits per heavy atom. The molecule has 40 heavy (non-hydrogen) atoms. The number of nitrogens with one attached hydrogen (secondary N) is 3. The molecule has 16 nitrogen and oxygen atoms in total. The molecule has 222 valence electrons. The Kier molecular flexibility index (Phi) is 15.6. The number of guanidine groups is 1. The Labute approximate surface area is 230 Å². The van der Waals surface area contributed by atoms with Gasteiger partial charge in [-0.15, -0.1) is 0 Å². The van der Waals surface area contributed by atoms with Crippen LogP contribution in [0.2, 0.25) is 0 Å². The summed E-state index contributed by atoms with van der Waals surface area (Å²) in [4.78, 5) is 73.0. The normalized spacial score (nSPS) is 12.4. The van der Waals surface area contributed by atoms with Crippen molar-refractivity contribution >= 4 is 47.3 Å². The Morgan fingerprint density at radius 1 is 0.975 bits per heavy atom. The number of aliphatic carboxylic acids is 3. The molecule has 0 aliphatic rings. The predicted octanol–water partition coefficient (Wildman–Crippen LogP) is -1.10. The number of carboxylic acids is 3. The lowest BCUT2D eigenvalue weighted by molar-refractivity contribution is -0.144. The molecular weight excluding hydrogens is 530 g/mol. The van der Waals surface area contributed by atoms with Crippen LogP contribution in [0.5, 0.6) is 0 Å². The second-order valence-electron chi connectivity index (χ2n) is 8.84. The first-order valence-corrected chi connectivity index (χ1v) is 12.0. The molecule has 0 heterocycles. The van der Waals surface area contributed by atoms with Gasteiger partial charge in [0, 0.05) is 24.7 Å². The summed E-state index contributed by atoms with van der Waals surface area (Å²) in [6, 6.07) is 2.04. The molecule has 3 atom stereocenters. The monoisotopic (exact) mass is 567 g/mol. The third-order valence-electron chi connectivity index (χ3n) is 4.93. The highest BCUT2D eigenvalue weighted by molar-refractivity contribution is 6.01. The minimum Gasteiger partial charge on any atom is -0.481 e. The van der Waals surface area contributed by atoms with Crippen molar-refractivity contribution in [1.82, 2.24) is 10.6 Å². The van der Waals surface area contributed by atoms with Gasteiger partial charge in [0.05, 0.1) is 12.5 Å². The number of amides is 3. The minimum absolute atomic E-state index is 0.0240. The molecule has 0 radical (unpaired) electrons. The van der Waals surface area contributed by atoms with Gasteiger partial charge < -0.3 is 48.5 Å². The highest BCUT2D eigenvalue weighted by atomic mass is 16.4. The van der Waals surface area contributed by atoms with Crippen molar-refractivity contribution in [3.63, 3.8) is 0 Å². The van der Waals surface area contributed by atoms with Crippen LogP contribution in [0.25, 0.3) is 0 Å². The Balaban J connectivity index is 0.00000354. The summed E-state index contributed by atoms with van der Waals surface area (Å²) in [6.45, 7) is 4.54. The quantitative estimate of drug-likeness (QED) is 0.0735. The second-order valence-corrected chi connectivity index (χ2v) is 8.84. The van der Waals surface area contributed by atoms with Crippen LogP contribution in [-0.2, 0) is 24.0 Å². The molecule has 0 aromatic heterocycles. The van der Waals surface area contributed by atoms with Gasteiger partial charge in [-0.1, -0.05) is 19.9 Å². The smallest absolute Gasteiger partial charge is 0.326 e. The van der Waals surface area contributed by atoms with Crippen molar-refractivity contribution in [3.05, 3.63) is 29.8 Å². The van der Waals surface area contributed by atoms with Gasteiger partial charge in [0.1, 0.15) is 12.1 Å². The first kappa shape index (κ1) is 35.3. The average molecular weight is 568 g/mol. The third-order valence-corrected chi connectivity index (χ3v) is 4.93. The van der Waals surface area contributed by atoms with Crippen LogP contribution >= 0.6 is 0 Å². The fourth-order valence-corrected chi connectivity index (χ4v) is 3.02. The molecule has 12 N–H and O–H groups in total. The van der Waals surface area contributed by atoms with Crippen molar-refractivity contribution in [2.45, 2.75) is 58.2 Å². The number of benzene rings is 1. The van der Waals surface area contributed by atoms with Crippen molar-refractivity contribution < 1.29 is 44.1 Å². The first-order valence-electron chi connectivity index (χ1n) is 12.0. The minimum atomic E-state index is -1.53. The fraction of sp³-hybridized carbons (Fsp3) is 0.458. The van der Waals surface area contributed by atoms with Gasteiger partial charge in [0.15, 0.2) is 5.96 Å². The zero-order valence-corrected chi connectivity index (χ0v) is 22.4. The number of anilines is 1. The summed E-state index contributed by atoms with van der Waals surface area (Å²) in [6.07, 6.45) is 0.0110. The van der Waals surface area contributed by atoms with E-state index in [1.54, 1.807) is 13.8 Å². The van der Waals surface area contributed by atoms with Gasteiger partial charge in [-0.3, -0.25) is 29.0 Å². The number of rotatable bonds is 14. The maximum absolute atomic E-state index is 12.7. The van der Waals surface area contributed by atoms with Crippen LogP contribution in [0.4, 0.5) is 5.69 Å². The van der Waals surface area contributed by atoms with Crippen LogP contribution in [0.15, 0.2) is 29.3 Å². The zero-order chi connectivity index (χ0) is 31.0. The van der Waals surface area contributed by atoms with E-state index in [1.165, 1.54) is 24.3 Å². The van der Waals surface area contributed by atoms with Crippen LogP contribution < -0.4 is 33.2 Å². The maximum Gasteiger partial charge on any atom is 0.326 e. The predicted molar refractivity (Wildman–Crippen MR) is 144 cm³/mol. The fourth-order valence-electron chi connectivity index (χ4n) is 3.02. The van der Waals surface area contributed by atoms with Crippen molar-refractivity contribution in [2.75, 3.05) is 11.9 Å². The summed E-state index contributed by atoms with van der Waals surface area (Å²) in [5, 5.41) is 32.9.